The van der Waals surface area contributed by atoms with E-state index in [4.69, 9.17) is 4.74 Å². The summed E-state index contributed by atoms with van der Waals surface area (Å²) in [5, 5.41) is 23.8. The van der Waals surface area contributed by atoms with Gasteiger partial charge in [0.1, 0.15) is 17.9 Å². The second-order valence-corrected chi connectivity index (χ2v) is 10.2. The van der Waals surface area contributed by atoms with Crippen molar-refractivity contribution >= 4 is 28.4 Å². The van der Waals surface area contributed by atoms with Crippen molar-refractivity contribution in [2.75, 3.05) is 7.11 Å². The molecule has 0 spiro atoms. The van der Waals surface area contributed by atoms with Crippen LogP contribution in [-0.4, -0.2) is 12.4 Å². The first-order chi connectivity index (χ1) is 14.7. The summed E-state index contributed by atoms with van der Waals surface area (Å²) in [4.78, 5) is 0. The van der Waals surface area contributed by atoms with Crippen LogP contribution in [0, 0.1) is 22.7 Å². The second kappa shape index (κ2) is 8.30. The van der Waals surface area contributed by atoms with E-state index in [1.54, 1.807) is 7.11 Å². The van der Waals surface area contributed by atoms with E-state index in [0.717, 1.165) is 27.5 Å². The van der Waals surface area contributed by atoms with E-state index in [1.165, 1.54) is 0 Å². The van der Waals surface area contributed by atoms with E-state index >= 15 is 0 Å². The zero-order valence-corrected chi connectivity index (χ0v) is 17.4. The van der Waals surface area contributed by atoms with E-state index < -0.39 is 6.89 Å². The Bertz CT molecular complexity index is 1250. The third-order valence-electron chi connectivity index (χ3n) is 5.23. The van der Waals surface area contributed by atoms with Gasteiger partial charge in [-0.05, 0) is 46.0 Å². The molecule has 30 heavy (non-hydrogen) atoms. The van der Waals surface area contributed by atoms with Crippen molar-refractivity contribution in [3.63, 3.8) is 0 Å². The lowest BCUT2D eigenvalue weighted by molar-refractivity contribution is 0.414. The summed E-state index contributed by atoms with van der Waals surface area (Å²) in [7, 11) is 1.62. The number of nitriles is 2. The highest BCUT2D eigenvalue weighted by Gasteiger charge is 2.34. The highest BCUT2D eigenvalue weighted by molar-refractivity contribution is 7.93. The van der Waals surface area contributed by atoms with Gasteiger partial charge in [-0.2, -0.15) is 10.5 Å². The molecular weight excluding hydrogens is 387 g/mol. The molecule has 0 radical (unpaired) electrons. The number of ether oxygens (including phenoxy) is 1. The molecule has 0 saturated carbocycles. The van der Waals surface area contributed by atoms with Gasteiger partial charge in [0, 0.05) is 6.89 Å². The maximum atomic E-state index is 10.3. The van der Waals surface area contributed by atoms with Gasteiger partial charge in [-0.1, -0.05) is 72.8 Å². The first-order valence-corrected chi connectivity index (χ1v) is 11.3. The molecule has 0 amide bonds. The molecule has 4 heteroatoms. The Labute approximate surface area is 176 Å². The lowest BCUT2D eigenvalue weighted by atomic mass is 10.0. The Morgan fingerprint density at radius 1 is 0.733 bits per heavy atom. The van der Waals surface area contributed by atoms with Crippen LogP contribution in [0.3, 0.4) is 0 Å². The fraction of sp³-hybridized carbons (Fsp3) is 0.0385. The average molecular weight is 406 g/mol. The van der Waals surface area contributed by atoms with Crippen molar-refractivity contribution in [1.82, 2.24) is 0 Å². The average Bonchev–Trinajstić information content (AvgIpc) is 2.84. The van der Waals surface area contributed by atoms with E-state index in [0.29, 0.717) is 10.6 Å². The molecule has 144 valence electrons. The van der Waals surface area contributed by atoms with E-state index in [2.05, 4.69) is 12.1 Å². The van der Waals surface area contributed by atoms with Gasteiger partial charge in [0.25, 0.3) is 0 Å². The van der Waals surface area contributed by atoms with Crippen molar-refractivity contribution in [3.8, 4) is 17.9 Å². The molecule has 1 aliphatic rings. The zero-order chi connectivity index (χ0) is 21.0. The van der Waals surface area contributed by atoms with Crippen molar-refractivity contribution in [2.45, 2.75) is 0 Å². The largest absolute Gasteiger partial charge is 0.497 e. The minimum atomic E-state index is -2.54. The Balaban J connectivity index is 2.11. The molecule has 0 fully saturated rings. The molecule has 1 heterocycles. The topological polar surface area (TPSA) is 56.8 Å². The highest BCUT2D eigenvalue weighted by Crippen LogP contribution is 2.57. The molecule has 0 aliphatic carbocycles. The van der Waals surface area contributed by atoms with Crippen molar-refractivity contribution in [3.05, 3.63) is 108 Å². The first-order valence-electron chi connectivity index (χ1n) is 9.50. The van der Waals surface area contributed by atoms with Gasteiger partial charge in [-0.15, -0.1) is 0 Å². The van der Waals surface area contributed by atoms with Gasteiger partial charge in [0.2, 0.25) is 0 Å². The summed E-state index contributed by atoms with van der Waals surface area (Å²) in [6.07, 6.45) is 3.87. The van der Waals surface area contributed by atoms with Crippen LogP contribution < -0.4 is 15.3 Å². The standard InChI is InChI=1S/C26H19N2OP/c1-29-22-10-8-9-20(15-22)21-16-25(18-27)30(26(17-21)19-28,23-11-4-2-5-12-23)24-13-6-3-7-14-24/h2-17H,1H3. The predicted molar refractivity (Wildman–Crippen MR) is 124 cm³/mol. The number of hydrogen-bond donors (Lipinski definition) is 0. The van der Waals surface area contributed by atoms with Crippen LogP contribution in [0.25, 0.3) is 5.57 Å². The van der Waals surface area contributed by atoms with Gasteiger partial charge >= 0.3 is 0 Å². The monoisotopic (exact) mass is 406 g/mol. The highest BCUT2D eigenvalue weighted by atomic mass is 31.2. The zero-order valence-electron chi connectivity index (χ0n) is 16.5. The maximum Gasteiger partial charge on any atom is 0.119 e. The minimum Gasteiger partial charge on any atom is -0.497 e. The lowest BCUT2D eigenvalue weighted by Gasteiger charge is -2.31. The summed E-state index contributed by atoms with van der Waals surface area (Å²) in [5.74, 6) is 0.733. The normalized spacial score (nSPS) is 14.7. The summed E-state index contributed by atoms with van der Waals surface area (Å²) in [6.45, 7) is -2.54. The molecule has 4 rings (SSSR count). The Morgan fingerprint density at radius 2 is 1.37 bits per heavy atom. The van der Waals surface area contributed by atoms with Crippen molar-refractivity contribution in [1.29, 1.82) is 10.5 Å². The van der Waals surface area contributed by atoms with Crippen molar-refractivity contribution in [2.24, 2.45) is 0 Å². The predicted octanol–water partition coefficient (Wildman–Crippen LogP) is 4.86. The maximum absolute atomic E-state index is 10.3. The smallest absolute Gasteiger partial charge is 0.119 e. The fourth-order valence-corrected chi connectivity index (χ4v) is 7.73. The minimum absolute atomic E-state index is 0.622. The van der Waals surface area contributed by atoms with Crippen LogP contribution in [0.15, 0.2) is 102 Å². The Morgan fingerprint density at radius 3 is 1.90 bits per heavy atom. The molecule has 0 N–H and O–H groups in total. The van der Waals surface area contributed by atoms with Crippen LogP contribution in [-0.2, 0) is 0 Å². The summed E-state index contributed by atoms with van der Waals surface area (Å²) in [6, 6.07) is 32.4. The number of rotatable bonds is 4. The lowest BCUT2D eigenvalue weighted by Crippen LogP contribution is -2.24. The summed E-state index contributed by atoms with van der Waals surface area (Å²) < 4.78 is 5.35. The number of allylic oxidation sites excluding steroid dienone is 4. The van der Waals surface area contributed by atoms with Gasteiger partial charge in [-0.3, -0.25) is 0 Å². The third kappa shape index (κ3) is 3.17. The van der Waals surface area contributed by atoms with Crippen LogP contribution >= 0.6 is 6.89 Å². The van der Waals surface area contributed by atoms with Gasteiger partial charge in [0.15, 0.2) is 0 Å². The summed E-state index contributed by atoms with van der Waals surface area (Å²) in [5.41, 5.74) is 1.75. The second-order valence-electron chi connectivity index (χ2n) is 6.81. The van der Waals surface area contributed by atoms with Crippen LogP contribution in [0.5, 0.6) is 5.75 Å². The van der Waals surface area contributed by atoms with E-state index in [-0.39, 0.29) is 0 Å². The molecule has 0 aromatic heterocycles. The Kier molecular flexibility index (Phi) is 5.40. The molecule has 0 bridgehead atoms. The molecule has 0 saturated heterocycles. The molecule has 3 nitrogen and oxygen atoms in total. The van der Waals surface area contributed by atoms with Crippen molar-refractivity contribution < 1.29 is 4.74 Å². The Hall–Kier alpha value is -3.78. The molecule has 3 aromatic rings. The number of hydrogen-bond acceptors (Lipinski definition) is 3. The van der Waals surface area contributed by atoms with Gasteiger partial charge < -0.3 is 4.74 Å². The van der Waals surface area contributed by atoms with E-state index in [1.807, 2.05) is 97.1 Å². The third-order valence-corrected chi connectivity index (χ3v) is 9.28. The van der Waals surface area contributed by atoms with Crippen LogP contribution in [0.2, 0.25) is 0 Å². The molecule has 3 aromatic carbocycles. The number of benzene rings is 3. The summed E-state index contributed by atoms with van der Waals surface area (Å²) >= 11 is 0. The molecular formula is C26H19N2OP. The van der Waals surface area contributed by atoms with Crippen LogP contribution in [0.1, 0.15) is 5.56 Å². The first kappa shape index (κ1) is 19.5. The van der Waals surface area contributed by atoms with Crippen LogP contribution in [0.4, 0.5) is 0 Å². The number of methoxy groups -OCH3 is 1. The molecule has 0 atom stereocenters. The van der Waals surface area contributed by atoms with Gasteiger partial charge in [-0.25, -0.2) is 0 Å². The quantitative estimate of drug-likeness (QED) is 0.581. The molecule has 0 unspecified atom stereocenters. The van der Waals surface area contributed by atoms with E-state index in [9.17, 15) is 10.5 Å². The fourth-order valence-electron chi connectivity index (χ4n) is 3.85. The van der Waals surface area contributed by atoms with Gasteiger partial charge in [0.05, 0.1) is 17.7 Å². The number of nitrogens with zero attached hydrogens (tertiary/aromatic N) is 2. The molecule has 1 aliphatic heterocycles. The SMILES string of the molecule is COc1cccc(C2=CC(C#N)=P(c3ccccc3)(c3ccccc3)C(C#N)=C2)c1.